The predicted molar refractivity (Wildman–Crippen MR) is 124 cm³/mol. The van der Waals surface area contributed by atoms with Crippen molar-refractivity contribution in [2.24, 2.45) is 0 Å². The monoisotopic (exact) mass is 453 g/mol. The summed E-state index contributed by atoms with van der Waals surface area (Å²) >= 11 is 7.89. The molecule has 1 atom stereocenters. The first-order chi connectivity index (χ1) is 14.9. The zero-order valence-electron chi connectivity index (χ0n) is 16.7. The van der Waals surface area contributed by atoms with E-state index in [0.717, 1.165) is 21.6 Å². The minimum Gasteiger partial charge on any atom is -0.486 e. The number of thiophene rings is 1. The number of rotatable bonds is 6. The number of fused-ring (bicyclic) bond motifs is 1. The molecular weight excluding hydrogens is 434 g/mol. The van der Waals surface area contributed by atoms with Gasteiger partial charge < -0.3 is 15.8 Å². The highest BCUT2D eigenvalue weighted by Crippen LogP contribution is 2.41. The number of Topliss-reactive ketones (excluding diaryl/α,β-unsaturated/α-hetero) is 1. The molecule has 0 saturated carbocycles. The number of pyridine rings is 1. The van der Waals surface area contributed by atoms with Gasteiger partial charge in [-0.25, -0.2) is 4.98 Å². The van der Waals surface area contributed by atoms with Crippen LogP contribution in [0.4, 0.5) is 5.82 Å². The van der Waals surface area contributed by atoms with Crippen LogP contribution in [0, 0.1) is 0 Å². The molecule has 0 spiro atoms. The van der Waals surface area contributed by atoms with Crippen molar-refractivity contribution in [2.75, 3.05) is 12.3 Å². The number of hydrogen-bond acceptors (Lipinski definition) is 6. The molecule has 0 radical (unpaired) electrons. The van der Waals surface area contributed by atoms with Gasteiger partial charge in [0.25, 0.3) is 0 Å². The third-order valence-electron chi connectivity index (χ3n) is 4.83. The second-order valence-corrected chi connectivity index (χ2v) is 8.70. The number of carbonyl (C=O) groups excluding carboxylic acids is 2. The largest absolute Gasteiger partial charge is 0.486 e. The highest BCUT2D eigenvalue weighted by molar-refractivity contribution is 7.17. The number of hydrogen-bond donors (Lipinski definition) is 2. The molecule has 0 saturated heterocycles. The zero-order chi connectivity index (χ0) is 22.0. The van der Waals surface area contributed by atoms with Crippen molar-refractivity contribution >= 4 is 46.5 Å². The standard InChI is InChI=1S/C23H20ClN3O3S/c1-13(28)19-4-5-20(31-19)15-8-16-9-17(30-23(16)18(24)10-15)12-27-22(29)7-3-14-2-6-21(25)26-11-14/h2-8,10-11,17H,9,12H2,1H3,(H2,25,26)(H,27,29). The number of nitrogens with zero attached hydrogens (tertiary/aromatic N) is 1. The summed E-state index contributed by atoms with van der Waals surface area (Å²) in [5.41, 5.74) is 8.28. The van der Waals surface area contributed by atoms with Gasteiger partial charge in [0.05, 0.1) is 16.4 Å². The highest BCUT2D eigenvalue weighted by atomic mass is 35.5. The van der Waals surface area contributed by atoms with Crippen molar-refractivity contribution in [1.29, 1.82) is 0 Å². The number of carbonyl (C=O) groups is 2. The molecule has 0 bridgehead atoms. The molecule has 1 unspecified atom stereocenters. The topological polar surface area (TPSA) is 94.3 Å². The van der Waals surface area contributed by atoms with E-state index in [-0.39, 0.29) is 17.8 Å². The lowest BCUT2D eigenvalue weighted by Gasteiger charge is -2.11. The fourth-order valence-electron chi connectivity index (χ4n) is 3.29. The third kappa shape index (κ3) is 4.95. The number of ketones is 1. The molecule has 2 aromatic heterocycles. The Kier molecular flexibility index (Phi) is 6.06. The molecule has 3 aromatic rings. The summed E-state index contributed by atoms with van der Waals surface area (Å²) in [6.45, 7) is 1.91. The summed E-state index contributed by atoms with van der Waals surface area (Å²) in [6, 6.07) is 11.1. The summed E-state index contributed by atoms with van der Waals surface area (Å²) < 4.78 is 5.95. The molecule has 3 heterocycles. The fourth-order valence-corrected chi connectivity index (χ4v) is 4.46. The van der Waals surface area contributed by atoms with Crippen molar-refractivity contribution in [1.82, 2.24) is 10.3 Å². The maximum absolute atomic E-state index is 12.1. The van der Waals surface area contributed by atoms with Crippen LogP contribution in [-0.4, -0.2) is 29.3 Å². The van der Waals surface area contributed by atoms with Gasteiger partial charge in [0, 0.05) is 29.1 Å². The van der Waals surface area contributed by atoms with Crippen LogP contribution in [0.1, 0.15) is 27.7 Å². The van der Waals surface area contributed by atoms with Gasteiger partial charge in [0.2, 0.25) is 5.91 Å². The van der Waals surface area contributed by atoms with Crippen LogP contribution in [-0.2, 0) is 11.2 Å². The van der Waals surface area contributed by atoms with Gasteiger partial charge in [-0.3, -0.25) is 9.59 Å². The molecule has 158 valence electrons. The minimum atomic E-state index is -0.224. The van der Waals surface area contributed by atoms with Crippen LogP contribution in [0.25, 0.3) is 16.5 Å². The van der Waals surface area contributed by atoms with Gasteiger partial charge in [0.15, 0.2) is 5.78 Å². The molecule has 0 aliphatic carbocycles. The predicted octanol–water partition coefficient (Wildman–Crippen LogP) is 4.38. The summed E-state index contributed by atoms with van der Waals surface area (Å²) in [5.74, 6) is 0.902. The Hall–Kier alpha value is -3.16. The van der Waals surface area contributed by atoms with Crippen molar-refractivity contribution in [2.45, 2.75) is 19.4 Å². The number of nitrogens with two attached hydrogens (primary N) is 1. The number of amides is 1. The Morgan fingerprint density at radius 3 is 2.87 bits per heavy atom. The van der Waals surface area contributed by atoms with E-state index in [2.05, 4.69) is 10.3 Å². The Balaban J connectivity index is 1.38. The molecule has 0 fully saturated rings. The van der Waals surface area contributed by atoms with Crippen LogP contribution >= 0.6 is 22.9 Å². The summed E-state index contributed by atoms with van der Waals surface area (Å²) in [7, 11) is 0. The molecule has 1 amide bonds. The second-order valence-electron chi connectivity index (χ2n) is 7.21. The Labute approximate surface area is 188 Å². The van der Waals surface area contributed by atoms with Crippen molar-refractivity contribution in [3.8, 4) is 16.2 Å². The summed E-state index contributed by atoms with van der Waals surface area (Å²) in [6.07, 6.45) is 5.16. The molecule has 6 nitrogen and oxygen atoms in total. The van der Waals surface area contributed by atoms with Crippen molar-refractivity contribution in [3.05, 3.63) is 69.7 Å². The number of halogens is 1. The quantitative estimate of drug-likeness (QED) is 0.426. The van der Waals surface area contributed by atoms with Gasteiger partial charge >= 0.3 is 0 Å². The second kappa shape index (κ2) is 8.91. The van der Waals surface area contributed by atoms with E-state index in [1.54, 1.807) is 31.3 Å². The van der Waals surface area contributed by atoms with E-state index in [9.17, 15) is 9.59 Å². The number of ether oxygens (including phenoxy) is 1. The molecule has 4 rings (SSSR count). The molecule has 1 aromatic carbocycles. The van der Waals surface area contributed by atoms with Gasteiger partial charge in [-0.15, -0.1) is 11.3 Å². The van der Waals surface area contributed by atoms with E-state index in [0.29, 0.717) is 34.4 Å². The van der Waals surface area contributed by atoms with Crippen LogP contribution in [0.5, 0.6) is 5.75 Å². The Morgan fingerprint density at radius 1 is 1.32 bits per heavy atom. The maximum Gasteiger partial charge on any atom is 0.244 e. The molecule has 3 N–H and O–H groups in total. The maximum atomic E-state index is 12.1. The van der Waals surface area contributed by atoms with E-state index < -0.39 is 0 Å². The van der Waals surface area contributed by atoms with Gasteiger partial charge in [-0.2, -0.15) is 0 Å². The van der Waals surface area contributed by atoms with E-state index in [1.807, 2.05) is 24.3 Å². The number of aromatic nitrogens is 1. The molecule has 31 heavy (non-hydrogen) atoms. The highest BCUT2D eigenvalue weighted by Gasteiger charge is 2.26. The van der Waals surface area contributed by atoms with Crippen molar-refractivity contribution < 1.29 is 14.3 Å². The Bertz CT molecular complexity index is 1170. The van der Waals surface area contributed by atoms with Gasteiger partial charge in [-0.1, -0.05) is 11.6 Å². The number of benzene rings is 1. The van der Waals surface area contributed by atoms with Gasteiger partial charge in [0.1, 0.15) is 17.7 Å². The molecule has 1 aliphatic rings. The lowest BCUT2D eigenvalue weighted by Crippen LogP contribution is -2.33. The molecular formula is C23H20ClN3O3S. The first-order valence-corrected chi connectivity index (χ1v) is 10.9. The summed E-state index contributed by atoms with van der Waals surface area (Å²) in [5, 5.41) is 3.37. The average Bonchev–Trinajstić information content (AvgIpc) is 3.39. The lowest BCUT2D eigenvalue weighted by atomic mass is 10.1. The van der Waals surface area contributed by atoms with E-state index in [1.165, 1.54) is 17.4 Å². The lowest BCUT2D eigenvalue weighted by molar-refractivity contribution is -0.116. The number of anilines is 1. The van der Waals surface area contributed by atoms with E-state index in [4.69, 9.17) is 22.1 Å². The van der Waals surface area contributed by atoms with Crippen LogP contribution in [0.15, 0.2) is 48.7 Å². The number of nitrogen functional groups attached to an aromatic ring is 1. The third-order valence-corrected chi connectivity index (χ3v) is 6.35. The fraction of sp³-hybridized carbons (Fsp3) is 0.174. The average molecular weight is 454 g/mol. The smallest absolute Gasteiger partial charge is 0.244 e. The Morgan fingerprint density at radius 2 is 2.16 bits per heavy atom. The first-order valence-electron chi connectivity index (χ1n) is 9.66. The molecule has 1 aliphatic heterocycles. The SMILES string of the molecule is CC(=O)c1ccc(-c2cc(Cl)c3c(c2)CC(CNC(=O)C=Cc2ccc(N)nc2)O3)s1. The minimum absolute atomic E-state index is 0.0457. The van der Waals surface area contributed by atoms with Crippen LogP contribution < -0.4 is 15.8 Å². The van der Waals surface area contributed by atoms with Gasteiger partial charge in [-0.05, 0) is 60.5 Å². The van der Waals surface area contributed by atoms with Crippen LogP contribution in [0.2, 0.25) is 5.02 Å². The normalized spacial score (nSPS) is 15.0. The van der Waals surface area contributed by atoms with Crippen molar-refractivity contribution in [3.63, 3.8) is 0 Å². The number of nitrogens with one attached hydrogen (secondary N) is 1. The zero-order valence-corrected chi connectivity index (χ0v) is 18.3. The van der Waals surface area contributed by atoms with E-state index >= 15 is 0 Å². The summed E-state index contributed by atoms with van der Waals surface area (Å²) in [4.78, 5) is 29.4. The first kappa shape index (κ1) is 21.1. The molecule has 8 heteroatoms. The van der Waals surface area contributed by atoms with Crippen LogP contribution in [0.3, 0.4) is 0 Å².